The molecule has 1 N–H and O–H groups in total. The Balaban J connectivity index is 3.39. The summed E-state index contributed by atoms with van der Waals surface area (Å²) in [7, 11) is 0. The smallest absolute Gasteiger partial charge is 0.388 e. The highest BCUT2D eigenvalue weighted by Crippen LogP contribution is 2.36. The molecule has 0 heterocycles. The Hall–Kier alpha value is -0.750. The second kappa shape index (κ2) is 5.27. The van der Waals surface area contributed by atoms with Gasteiger partial charge in [0.05, 0.1) is 11.7 Å². The maximum Gasteiger partial charge on any atom is 0.416 e. The Morgan fingerprint density at radius 2 is 1.94 bits per heavy atom. The normalized spacial score (nSPS) is 13.8. The van der Waals surface area contributed by atoms with Gasteiger partial charge in [-0.1, -0.05) is 6.92 Å². The molecule has 0 spiro atoms. The van der Waals surface area contributed by atoms with Gasteiger partial charge in [-0.2, -0.15) is 13.2 Å². The number of halogens is 4. The maximum atomic E-state index is 13.7. The molecular weight excluding hydrogens is 256 g/mol. The predicted molar refractivity (Wildman–Crippen MR) is 58.4 cm³/mol. The van der Waals surface area contributed by atoms with Crippen molar-refractivity contribution in [3.8, 4) is 0 Å². The van der Waals surface area contributed by atoms with E-state index in [1.807, 2.05) is 0 Å². The third-order valence-electron chi connectivity index (χ3n) is 2.36. The zero-order valence-corrected chi connectivity index (χ0v) is 10.1. The molecule has 0 bridgehead atoms. The molecule has 1 unspecified atom stereocenters. The van der Waals surface area contributed by atoms with Crippen LogP contribution in [-0.2, 0) is 6.18 Å². The molecule has 1 atom stereocenters. The molecule has 0 fully saturated rings. The zero-order chi connectivity index (χ0) is 13.2. The van der Waals surface area contributed by atoms with Crippen molar-refractivity contribution < 1.29 is 22.7 Å². The van der Waals surface area contributed by atoms with E-state index >= 15 is 0 Å². The topological polar surface area (TPSA) is 20.2 Å². The third-order valence-corrected chi connectivity index (χ3v) is 3.10. The second-order valence-corrected chi connectivity index (χ2v) is 4.35. The zero-order valence-electron chi connectivity index (χ0n) is 9.31. The first-order chi connectivity index (χ1) is 7.81. The van der Waals surface area contributed by atoms with Crippen LogP contribution in [0.3, 0.4) is 0 Å². The van der Waals surface area contributed by atoms with Crippen molar-refractivity contribution in [1.29, 1.82) is 0 Å². The minimum Gasteiger partial charge on any atom is -0.388 e. The molecule has 0 aromatic heterocycles. The van der Waals surface area contributed by atoms with Gasteiger partial charge in [-0.15, -0.1) is 11.8 Å². The summed E-state index contributed by atoms with van der Waals surface area (Å²) in [6.07, 6.45) is -4.11. The number of alkyl halides is 3. The second-order valence-electron chi connectivity index (χ2n) is 3.50. The third kappa shape index (κ3) is 3.13. The Labute approximate surface area is 101 Å². The van der Waals surface area contributed by atoms with Crippen LogP contribution in [0.2, 0.25) is 0 Å². The van der Waals surface area contributed by atoms with E-state index in [9.17, 15) is 22.7 Å². The summed E-state index contributed by atoms with van der Waals surface area (Å²) in [4.78, 5) is -0.109. The van der Waals surface area contributed by atoms with Gasteiger partial charge in [0.25, 0.3) is 0 Å². The molecule has 0 aliphatic heterocycles. The van der Waals surface area contributed by atoms with E-state index in [-0.39, 0.29) is 16.9 Å². The Morgan fingerprint density at radius 3 is 2.35 bits per heavy atom. The molecule has 0 saturated heterocycles. The van der Waals surface area contributed by atoms with Crippen molar-refractivity contribution in [2.45, 2.75) is 30.5 Å². The first-order valence-electron chi connectivity index (χ1n) is 4.94. The quantitative estimate of drug-likeness (QED) is 0.660. The maximum absolute atomic E-state index is 13.7. The van der Waals surface area contributed by atoms with Crippen LogP contribution in [-0.4, -0.2) is 11.4 Å². The number of hydrogen-bond donors (Lipinski definition) is 1. The average Bonchev–Trinajstić information content (AvgIpc) is 2.26. The van der Waals surface area contributed by atoms with E-state index in [1.165, 1.54) is 6.26 Å². The standard InChI is InChI=1S/C11H12F4OS/c1-3-8(16)7-4-6(11(13,14)15)5-9(17-2)10(7)12/h4-5,8,16H,3H2,1-2H3. The molecule has 1 aromatic rings. The van der Waals surface area contributed by atoms with Crippen molar-refractivity contribution in [2.24, 2.45) is 0 Å². The lowest BCUT2D eigenvalue weighted by atomic mass is 10.0. The first-order valence-corrected chi connectivity index (χ1v) is 6.16. The summed E-state index contributed by atoms with van der Waals surface area (Å²) in [5.41, 5.74) is -1.24. The Morgan fingerprint density at radius 1 is 1.35 bits per heavy atom. The molecule has 0 radical (unpaired) electrons. The van der Waals surface area contributed by atoms with Gasteiger partial charge in [-0.25, -0.2) is 4.39 Å². The van der Waals surface area contributed by atoms with Crippen molar-refractivity contribution in [2.75, 3.05) is 6.26 Å². The number of benzene rings is 1. The highest BCUT2D eigenvalue weighted by atomic mass is 32.2. The molecule has 0 aliphatic carbocycles. The van der Waals surface area contributed by atoms with Crippen molar-refractivity contribution >= 4 is 11.8 Å². The lowest BCUT2D eigenvalue weighted by Crippen LogP contribution is -2.09. The van der Waals surface area contributed by atoms with Crippen LogP contribution in [0, 0.1) is 5.82 Å². The van der Waals surface area contributed by atoms with Gasteiger partial charge in [0.15, 0.2) is 0 Å². The van der Waals surface area contributed by atoms with E-state index < -0.39 is 23.7 Å². The predicted octanol–water partition coefficient (Wildman–Crippen LogP) is 4.01. The summed E-state index contributed by atoms with van der Waals surface area (Å²) in [5, 5.41) is 9.50. The number of aliphatic hydroxyl groups excluding tert-OH is 1. The number of hydrogen-bond acceptors (Lipinski definition) is 2. The van der Waals surface area contributed by atoms with Crippen LogP contribution < -0.4 is 0 Å². The SMILES string of the molecule is CCC(O)c1cc(C(F)(F)F)cc(SC)c1F. The lowest BCUT2D eigenvalue weighted by Gasteiger charge is -2.15. The number of aliphatic hydroxyl groups is 1. The first kappa shape index (κ1) is 14.3. The molecule has 96 valence electrons. The molecule has 1 aromatic carbocycles. The summed E-state index contributed by atoms with van der Waals surface area (Å²) >= 11 is 0.882. The lowest BCUT2D eigenvalue weighted by molar-refractivity contribution is -0.137. The van der Waals surface area contributed by atoms with Crippen LogP contribution in [0.4, 0.5) is 17.6 Å². The van der Waals surface area contributed by atoms with Gasteiger partial charge in [0.1, 0.15) is 5.82 Å². The molecule has 0 aliphatic rings. The monoisotopic (exact) mass is 268 g/mol. The minimum atomic E-state index is -4.54. The molecule has 1 rings (SSSR count). The van der Waals surface area contributed by atoms with E-state index in [2.05, 4.69) is 0 Å². The fourth-order valence-electron chi connectivity index (χ4n) is 1.39. The van der Waals surface area contributed by atoms with Gasteiger partial charge in [-0.05, 0) is 24.8 Å². The Bertz CT molecular complexity index is 403. The van der Waals surface area contributed by atoms with Gasteiger partial charge in [0, 0.05) is 10.5 Å². The molecule has 6 heteroatoms. The molecule has 0 amide bonds. The Kier molecular flexibility index (Phi) is 4.43. The summed E-state index contributed by atoms with van der Waals surface area (Å²) in [6.45, 7) is 1.57. The van der Waals surface area contributed by atoms with Crippen molar-refractivity contribution in [3.63, 3.8) is 0 Å². The fraction of sp³-hybridized carbons (Fsp3) is 0.455. The molecule has 0 saturated carbocycles. The van der Waals surface area contributed by atoms with Crippen molar-refractivity contribution in [1.82, 2.24) is 0 Å². The number of rotatable bonds is 3. The van der Waals surface area contributed by atoms with Crippen molar-refractivity contribution in [3.05, 3.63) is 29.1 Å². The molecule has 17 heavy (non-hydrogen) atoms. The van der Waals surface area contributed by atoms with E-state index in [1.54, 1.807) is 6.92 Å². The van der Waals surface area contributed by atoms with E-state index in [0.29, 0.717) is 6.07 Å². The summed E-state index contributed by atoms with van der Waals surface area (Å²) in [6, 6.07) is 1.43. The van der Waals surface area contributed by atoms with Gasteiger partial charge < -0.3 is 5.11 Å². The summed E-state index contributed by atoms with van der Waals surface area (Å²) < 4.78 is 51.4. The van der Waals surface area contributed by atoms with Gasteiger partial charge in [0.2, 0.25) is 0 Å². The largest absolute Gasteiger partial charge is 0.416 e. The molecular formula is C11H12F4OS. The average molecular weight is 268 g/mol. The highest BCUT2D eigenvalue weighted by Gasteiger charge is 2.33. The van der Waals surface area contributed by atoms with Gasteiger partial charge >= 0.3 is 6.18 Å². The van der Waals surface area contributed by atoms with E-state index in [0.717, 1.165) is 17.8 Å². The van der Waals surface area contributed by atoms with Crippen LogP contribution in [0.25, 0.3) is 0 Å². The fourth-order valence-corrected chi connectivity index (χ4v) is 1.94. The van der Waals surface area contributed by atoms with Crippen LogP contribution in [0.1, 0.15) is 30.6 Å². The van der Waals surface area contributed by atoms with E-state index in [4.69, 9.17) is 0 Å². The van der Waals surface area contributed by atoms with Crippen LogP contribution in [0.5, 0.6) is 0 Å². The highest BCUT2D eigenvalue weighted by molar-refractivity contribution is 7.98. The van der Waals surface area contributed by atoms with Crippen LogP contribution in [0.15, 0.2) is 17.0 Å². The van der Waals surface area contributed by atoms with Crippen LogP contribution >= 0.6 is 11.8 Å². The number of thioether (sulfide) groups is 1. The van der Waals surface area contributed by atoms with Gasteiger partial charge in [-0.3, -0.25) is 0 Å². The summed E-state index contributed by atoms with van der Waals surface area (Å²) in [5.74, 6) is -0.778. The minimum absolute atomic E-state index is 0.109. The molecule has 1 nitrogen and oxygen atoms in total.